The SMILES string of the molecule is CNCCC(C)N1CC(C)=C(C)C1. The molecule has 0 spiro atoms. The summed E-state index contributed by atoms with van der Waals surface area (Å²) in [5.41, 5.74) is 3.13. The molecule has 0 radical (unpaired) electrons. The lowest BCUT2D eigenvalue weighted by molar-refractivity contribution is 0.251. The monoisotopic (exact) mass is 182 g/mol. The summed E-state index contributed by atoms with van der Waals surface area (Å²) in [5, 5.41) is 3.20. The first-order valence-electron chi connectivity index (χ1n) is 5.19. The van der Waals surface area contributed by atoms with Crippen LogP contribution in [0.4, 0.5) is 0 Å². The standard InChI is InChI=1S/C11H22N2/c1-9-7-13(8-10(9)2)11(3)5-6-12-4/h11-12H,5-8H2,1-4H3. The fraction of sp³-hybridized carbons (Fsp3) is 0.818. The highest BCUT2D eigenvalue weighted by atomic mass is 15.2. The van der Waals surface area contributed by atoms with Gasteiger partial charge in [0.05, 0.1) is 0 Å². The largest absolute Gasteiger partial charge is 0.320 e. The molecular weight excluding hydrogens is 160 g/mol. The van der Waals surface area contributed by atoms with E-state index in [1.165, 1.54) is 19.5 Å². The molecule has 2 heteroatoms. The Bertz CT molecular complexity index is 182. The predicted octanol–water partition coefficient (Wildman–Crippen LogP) is 1.64. The van der Waals surface area contributed by atoms with Crippen LogP contribution in [0.15, 0.2) is 11.1 Å². The molecule has 1 atom stereocenters. The molecule has 0 aromatic heterocycles. The fourth-order valence-electron chi connectivity index (χ4n) is 1.78. The molecule has 1 aliphatic rings. The molecule has 0 aliphatic carbocycles. The average molecular weight is 182 g/mol. The molecule has 0 bridgehead atoms. The molecule has 1 unspecified atom stereocenters. The van der Waals surface area contributed by atoms with Gasteiger partial charge in [-0.15, -0.1) is 0 Å². The Balaban J connectivity index is 2.32. The highest BCUT2D eigenvalue weighted by molar-refractivity contribution is 5.19. The van der Waals surface area contributed by atoms with E-state index < -0.39 is 0 Å². The van der Waals surface area contributed by atoms with Crippen LogP contribution < -0.4 is 5.32 Å². The Morgan fingerprint density at radius 1 is 1.31 bits per heavy atom. The number of hydrogen-bond acceptors (Lipinski definition) is 2. The molecular formula is C11H22N2. The van der Waals surface area contributed by atoms with E-state index in [2.05, 4.69) is 31.0 Å². The molecule has 0 fully saturated rings. The molecule has 1 N–H and O–H groups in total. The highest BCUT2D eigenvalue weighted by Gasteiger charge is 2.20. The topological polar surface area (TPSA) is 15.3 Å². The smallest absolute Gasteiger partial charge is 0.0199 e. The summed E-state index contributed by atoms with van der Waals surface area (Å²) in [6.07, 6.45) is 1.25. The van der Waals surface area contributed by atoms with Crippen molar-refractivity contribution in [3.63, 3.8) is 0 Å². The van der Waals surface area contributed by atoms with Crippen LogP contribution in [0.5, 0.6) is 0 Å². The Hall–Kier alpha value is -0.340. The minimum Gasteiger partial charge on any atom is -0.320 e. The van der Waals surface area contributed by atoms with Crippen LogP contribution in [0.3, 0.4) is 0 Å². The van der Waals surface area contributed by atoms with Crippen molar-refractivity contribution in [1.82, 2.24) is 10.2 Å². The number of rotatable bonds is 4. The summed E-state index contributed by atoms with van der Waals surface area (Å²) in [4.78, 5) is 2.56. The zero-order chi connectivity index (χ0) is 9.84. The molecule has 2 nitrogen and oxygen atoms in total. The van der Waals surface area contributed by atoms with E-state index in [0.29, 0.717) is 6.04 Å². The molecule has 0 aromatic carbocycles. The molecule has 1 aliphatic heterocycles. The van der Waals surface area contributed by atoms with Crippen molar-refractivity contribution >= 4 is 0 Å². The number of nitrogens with zero attached hydrogens (tertiary/aromatic N) is 1. The summed E-state index contributed by atoms with van der Waals surface area (Å²) >= 11 is 0. The second-order valence-corrected chi connectivity index (χ2v) is 4.21. The Morgan fingerprint density at radius 2 is 1.85 bits per heavy atom. The van der Waals surface area contributed by atoms with Crippen LogP contribution in [0.2, 0.25) is 0 Å². The van der Waals surface area contributed by atoms with E-state index in [-0.39, 0.29) is 0 Å². The molecule has 0 saturated carbocycles. The van der Waals surface area contributed by atoms with E-state index in [9.17, 15) is 0 Å². The minimum atomic E-state index is 0.708. The van der Waals surface area contributed by atoms with Crippen LogP contribution in [0.25, 0.3) is 0 Å². The van der Waals surface area contributed by atoms with Gasteiger partial charge < -0.3 is 5.32 Å². The van der Waals surface area contributed by atoms with Crippen LogP contribution in [-0.2, 0) is 0 Å². The third kappa shape index (κ3) is 2.82. The maximum absolute atomic E-state index is 3.20. The Labute approximate surface area is 82.0 Å². The fourth-order valence-corrected chi connectivity index (χ4v) is 1.78. The summed E-state index contributed by atoms with van der Waals surface area (Å²) in [6.45, 7) is 10.3. The summed E-state index contributed by atoms with van der Waals surface area (Å²) in [7, 11) is 2.02. The second-order valence-electron chi connectivity index (χ2n) is 4.21. The zero-order valence-corrected chi connectivity index (χ0v) is 9.35. The third-order valence-corrected chi connectivity index (χ3v) is 3.04. The average Bonchev–Trinajstić information content (AvgIpc) is 2.43. The predicted molar refractivity (Wildman–Crippen MR) is 58.0 cm³/mol. The maximum Gasteiger partial charge on any atom is 0.0199 e. The number of nitrogens with one attached hydrogen (secondary N) is 1. The molecule has 13 heavy (non-hydrogen) atoms. The van der Waals surface area contributed by atoms with E-state index in [1.807, 2.05) is 7.05 Å². The van der Waals surface area contributed by atoms with E-state index in [1.54, 1.807) is 11.1 Å². The van der Waals surface area contributed by atoms with Gasteiger partial charge in [0.2, 0.25) is 0 Å². The maximum atomic E-state index is 3.20. The lowest BCUT2D eigenvalue weighted by Crippen LogP contribution is -2.33. The van der Waals surface area contributed by atoms with Gasteiger partial charge in [-0.2, -0.15) is 0 Å². The van der Waals surface area contributed by atoms with Gasteiger partial charge in [-0.1, -0.05) is 11.1 Å². The summed E-state index contributed by atoms with van der Waals surface area (Å²) in [5.74, 6) is 0. The first-order valence-corrected chi connectivity index (χ1v) is 5.19. The van der Waals surface area contributed by atoms with Crippen molar-refractivity contribution in [3.8, 4) is 0 Å². The Kier molecular flexibility index (Phi) is 3.94. The van der Waals surface area contributed by atoms with E-state index in [0.717, 1.165) is 6.54 Å². The molecule has 1 heterocycles. The molecule has 0 saturated heterocycles. The van der Waals surface area contributed by atoms with Gasteiger partial charge in [-0.05, 0) is 40.8 Å². The van der Waals surface area contributed by atoms with Crippen molar-refractivity contribution in [2.75, 3.05) is 26.7 Å². The van der Waals surface area contributed by atoms with Crippen molar-refractivity contribution in [1.29, 1.82) is 0 Å². The van der Waals surface area contributed by atoms with Gasteiger partial charge in [0.1, 0.15) is 0 Å². The van der Waals surface area contributed by atoms with Gasteiger partial charge in [-0.25, -0.2) is 0 Å². The van der Waals surface area contributed by atoms with E-state index in [4.69, 9.17) is 0 Å². The number of hydrogen-bond donors (Lipinski definition) is 1. The first kappa shape index (κ1) is 10.7. The summed E-state index contributed by atoms with van der Waals surface area (Å²) in [6, 6.07) is 0.708. The van der Waals surface area contributed by atoms with E-state index >= 15 is 0 Å². The van der Waals surface area contributed by atoms with Gasteiger partial charge >= 0.3 is 0 Å². The van der Waals surface area contributed by atoms with Crippen molar-refractivity contribution in [3.05, 3.63) is 11.1 Å². The van der Waals surface area contributed by atoms with Gasteiger partial charge in [0.15, 0.2) is 0 Å². The normalized spacial score (nSPS) is 21.2. The van der Waals surface area contributed by atoms with Crippen molar-refractivity contribution in [2.24, 2.45) is 0 Å². The highest BCUT2D eigenvalue weighted by Crippen LogP contribution is 2.19. The molecule has 0 amide bonds. The van der Waals surface area contributed by atoms with Gasteiger partial charge in [0.25, 0.3) is 0 Å². The lowest BCUT2D eigenvalue weighted by Gasteiger charge is -2.24. The molecule has 0 aromatic rings. The van der Waals surface area contributed by atoms with Crippen LogP contribution >= 0.6 is 0 Å². The second kappa shape index (κ2) is 4.77. The lowest BCUT2D eigenvalue weighted by atomic mass is 10.2. The molecule has 76 valence electrons. The molecule has 1 rings (SSSR count). The quantitative estimate of drug-likeness (QED) is 0.665. The van der Waals surface area contributed by atoms with Gasteiger partial charge in [-0.3, -0.25) is 4.90 Å². The summed E-state index contributed by atoms with van der Waals surface area (Å²) < 4.78 is 0. The zero-order valence-electron chi connectivity index (χ0n) is 9.35. The first-order chi connectivity index (χ1) is 6.15. The van der Waals surface area contributed by atoms with Crippen LogP contribution in [0.1, 0.15) is 27.2 Å². The van der Waals surface area contributed by atoms with Crippen LogP contribution in [-0.4, -0.2) is 37.6 Å². The van der Waals surface area contributed by atoms with Crippen molar-refractivity contribution < 1.29 is 0 Å². The van der Waals surface area contributed by atoms with Crippen molar-refractivity contribution in [2.45, 2.75) is 33.2 Å². The van der Waals surface area contributed by atoms with Crippen LogP contribution in [0, 0.1) is 0 Å². The Morgan fingerprint density at radius 3 is 2.31 bits per heavy atom. The van der Waals surface area contributed by atoms with Gasteiger partial charge in [0, 0.05) is 19.1 Å². The third-order valence-electron chi connectivity index (χ3n) is 3.04. The minimum absolute atomic E-state index is 0.708.